The fourth-order valence-electron chi connectivity index (χ4n) is 1.14. The molecule has 0 rings (SSSR count). The van der Waals surface area contributed by atoms with Crippen LogP contribution in [0.4, 0.5) is 0 Å². The molecule has 0 fully saturated rings. The summed E-state index contributed by atoms with van der Waals surface area (Å²) in [6, 6.07) is 0. The lowest BCUT2D eigenvalue weighted by Crippen LogP contribution is -2.33. The van der Waals surface area contributed by atoms with Crippen molar-refractivity contribution in [2.24, 2.45) is 5.92 Å². The molecule has 0 saturated carbocycles. The van der Waals surface area contributed by atoms with Crippen LogP contribution in [0.25, 0.3) is 0 Å². The molecule has 96 valence electrons. The van der Waals surface area contributed by atoms with E-state index in [1.807, 2.05) is 13.8 Å². The minimum Gasteiger partial charge on any atom is -0.394 e. The number of carbonyl (C=O) groups is 1. The number of ether oxygens (including phenoxy) is 2. The van der Waals surface area contributed by atoms with E-state index in [2.05, 4.69) is 0 Å². The van der Waals surface area contributed by atoms with Crippen molar-refractivity contribution in [1.82, 2.24) is 4.90 Å². The van der Waals surface area contributed by atoms with E-state index < -0.39 is 0 Å². The third-order valence-electron chi connectivity index (χ3n) is 2.05. The summed E-state index contributed by atoms with van der Waals surface area (Å²) >= 11 is 0. The zero-order valence-electron chi connectivity index (χ0n) is 10.4. The number of aliphatic hydroxyl groups excluding tert-OH is 1. The Labute approximate surface area is 97.3 Å². The smallest absolute Gasteiger partial charge is 0.224 e. The molecule has 0 aliphatic carbocycles. The van der Waals surface area contributed by atoms with E-state index in [-0.39, 0.29) is 18.4 Å². The first-order valence-electron chi connectivity index (χ1n) is 5.61. The Morgan fingerprint density at radius 3 is 2.25 bits per heavy atom. The van der Waals surface area contributed by atoms with E-state index in [9.17, 15) is 4.79 Å². The minimum absolute atomic E-state index is 0.0258. The average Bonchev–Trinajstić information content (AvgIpc) is 2.26. The molecule has 0 heterocycles. The van der Waals surface area contributed by atoms with Gasteiger partial charge >= 0.3 is 0 Å². The molecule has 0 aromatic carbocycles. The summed E-state index contributed by atoms with van der Waals surface area (Å²) in [6.07, 6.45) is 0. The van der Waals surface area contributed by atoms with Crippen LogP contribution < -0.4 is 0 Å². The molecule has 0 aromatic rings. The van der Waals surface area contributed by atoms with Gasteiger partial charge in [-0.05, 0) is 0 Å². The summed E-state index contributed by atoms with van der Waals surface area (Å²) in [5.74, 6) is 0.151. The predicted molar refractivity (Wildman–Crippen MR) is 61.2 cm³/mol. The summed E-state index contributed by atoms with van der Waals surface area (Å²) < 4.78 is 10.3. The number of nitrogens with zero attached hydrogens (tertiary/aromatic N) is 1. The fraction of sp³-hybridized carbons (Fsp3) is 0.909. The van der Waals surface area contributed by atoms with E-state index in [0.29, 0.717) is 33.0 Å². The maximum absolute atomic E-state index is 11.5. The topological polar surface area (TPSA) is 59.0 Å². The van der Waals surface area contributed by atoms with E-state index in [0.717, 1.165) is 0 Å². The number of hydrogen-bond acceptors (Lipinski definition) is 4. The summed E-state index contributed by atoms with van der Waals surface area (Å²) in [5.41, 5.74) is 0. The van der Waals surface area contributed by atoms with Gasteiger partial charge in [0.05, 0.1) is 33.0 Å². The van der Waals surface area contributed by atoms with Gasteiger partial charge in [0.1, 0.15) is 0 Å². The molecule has 0 unspecified atom stereocenters. The van der Waals surface area contributed by atoms with E-state index in [1.165, 1.54) is 0 Å². The molecule has 0 atom stereocenters. The standard InChI is InChI=1S/C11H23NO4/c1-10(2)11(14)12(3)4-6-15-8-9-16-7-5-13/h10,13H,4-9H2,1-3H3. The van der Waals surface area contributed by atoms with Crippen molar-refractivity contribution in [3.8, 4) is 0 Å². The Balaban J connectivity index is 3.34. The Kier molecular flexibility index (Phi) is 9.18. The molecule has 0 aromatic heterocycles. The first-order chi connectivity index (χ1) is 7.59. The lowest BCUT2D eigenvalue weighted by molar-refractivity contribution is -0.133. The maximum Gasteiger partial charge on any atom is 0.224 e. The Bertz CT molecular complexity index is 185. The Morgan fingerprint density at radius 2 is 1.75 bits per heavy atom. The van der Waals surface area contributed by atoms with Crippen LogP contribution in [0, 0.1) is 5.92 Å². The van der Waals surface area contributed by atoms with Crippen molar-refractivity contribution in [3.63, 3.8) is 0 Å². The van der Waals surface area contributed by atoms with Gasteiger partial charge < -0.3 is 19.5 Å². The molecular formula is C11H23NO4. The largest absolute Gasteiger partial charge is 0.394 e. The van der Waals surface area contributed by atoms with Gasteiger partial charge in [-0.1, -0.05) is 13.8 Å². The number of amides is 1. The third-order valence-corrected chi connectivity index (χ3v) is 2.05. The van der Waals surface area contributed by atoms with Crippen LogP contribution in [0.2, 0.25) is 0 Å². The van der Waals surface area contributed by atoms with Gasteiger partial charge in [0, 0.05) is 19.5 Å². The zero-order valence-corrected chi connectivity index (χ0v) is 10.4. The van der Waals surface area contributed by atoms with Crippen LogP contribution in [0.15, 0.2) is 0 Å². The van der Waals surface area contributed by atoms with E-state index in [1.54, 1.807) is 11.9 Å². The van der Waals surface area contributed by atoms with Crippen molar-refractivity contribution in [2.75, 3.05) is 46.6 Å². The molecule has 5 nitrogen and oxygen atoms in total. The summed E-state index contributed by atoms with van der Waals surface area (Å²) in [4.78, 5) is 13.1. The number of likely N-dealkylation sites (N-methyl/N-ethyl adjacent to an activating group) is 1. The summed E-state index contributed by atoms with van der Waals surface area (Å²) in [6.45, 7) is 6.20. The molecule has 0 saturated heterocycles. The van der Waals surface area contributed by atoms with Crippen molar-refractivity contribution < 1.29 is 19.4 Å². The quantitative estimate of drug-likeness (QED) is 0.575. The molecule has 0 spiro atoms. The van der Waals surface area contributed by atoms with E-state index in [4.69, 9.17) is 14.6 Å². The zero-order chi connectivity index (χ0) is 12.4. The van der Waals surface area contributed by atoms with Crippen LogP contribution in [0.1, 0.15) is 13.8 Å². The van der Waals surface area contributed by atoms with Crippen molar-refractivity contribution in [2.45, 2.75) is 13.8 Å². The normalized spacial score (nSPS) is 10.8. The fourth-order valence-corrected chi connectivity index (χ4v) is 1.14. The highest BCUT2D eigenvalue weighted by Crippen LogP contribution is 1.98. The van der Waals surface area contributed by atoms with Crippen LogP contribution in [0.3, 0.4) is 0 Å². The van der Waals surface area contributed by atoms with Gasteiger partial charge in [0.25, 0.3) is 0 Å². The lowest BCUT2D eigenvalue weighted by atomic mass is 10.2. The van der Waals surface area contributed by atoms with Gasteiger partial charge in [-0.25, -0.2) is 0 Å². The van der Waals surface area contributed by atoms with Gasteiger partial charge in [-0.2, -0.15) is 0 Å². The number of hydrogen-bond donors (Lipinski definition) is 1. The molecule has 0 radical (unpaired) electrons. The predicted octanol–water partition coefficient (Wildman–Crippen LogP) is 0.126. The van der Waals surface area contributed by atoms with Gasteiger partial charge in [-0.3, -0.25) is 4.79 Å². The highest BCUT2D eigenvalue weighted by Gasteiger charge is 2.11. The van der Waals surface area contributed by atoms with Gasteiger partial charge in [0.2, 0.25) is 5.91 Å². The highest BCUT2D eigenvalue weighted by molar-refractivity contribution is 5.77. The molecule has 0 bridgehead atoms. The van der Waals surface area contributed by atoms with Crippen LogP contribution in [-0.2, 0) is 14.3 Å². The molecule has 1 amide bonds. The Morgan fingerprint density at radius 1 is 1.19 bits per heavy atom. The molecule has 1 N–H and O–H groups in total. The van der Waals surface area contributed by atoms with Crippen molar-refractivity contribution in [1.29, 1.82) is 0 Å². The monoisotopic (exact) mass is 233 g/mol. The SMILES string of the molecule is CC(C)C(=O)N(C)CCOCCOCCO. The molecular weight excluding hydrogens is 210 g/mol. The third kappa shape index (κ3) is 7.62. The Hall–Kier alpha value is -0.650. The van der Waals surface area contributed by atoms with Crippen LogP contribution in [0.5, 0.6) is 0 Å². The van der Waals surface area contributed by atoms with E-state index >= 15 is 0 Å². The summed E-state index contributed by atoms with van der Waals surface area (Å²) in [7, 11) is 1.77. The number of rotatable bonds is 9. The van der Waals surface area contributed by atoms with Crippen molar-refractivity contribution in [3.05, 3.63) is 0 Å². The first kappa shape index (κ1) is 15.3. The van der Waals surface area contributed by atoms with Gasteiger partial charge in [-0.15, -0.1) is 0 Å². The molecule has 0 aliphatic rings. The van der Waals surface area contributed by atoms with Gasteiger partial charge in [0.15, 0.2) is 0 Å². The molecule has 16 heavy (non-hydrogen) atoms. The highest BCUT2D eigenvalue weighted by atomic mass is 16.5. The second kappa shape index (κ2) is 9.57. The maximum atomic E-state index is 11.5. The first-order valence-corrected chi connectivity index (χ1v) is 5.61. The van der Waals surface area contributed by atoms with Crippen LogP contribution >= 0.6 is 0 Å². The number of carbonyl (C=O) groups excluding carboxylic acids is 1. The minimum atomic E-state index is 0.0258. The number of aliphatic hydroxyl groups is 1. The molecule has 5 heteroatoms. The second-order valence-corrected chi connectivity index (χ2v) is 3.86. The van der Waals surface area contributed by atoms with Crippen LogP contribution in [-0.4, -0.2) is 62.5 Å². The molecule has 0 aliphatic heterocycles. The van der Waals surface area contributed by atoms with Crippen molar-refractivity contribution >= 4 is 5.91 Å². The summed E-state index contributed by atoms with van der Waals surface area (Å²) in [5, 5.41) is 8.44. The average molecular weight is 233 g/mol. The lowest BCUT2D eigenvalue weighted by Gasteiger charge is -2.19. The second-order valence-electron chi connectivity index (χ2n) is 3.86.